The standard InChI is InChI=1S/C14H13Br2NO/c15-13-7-12(18-14(13)16)8-17-11-5-4-9-2-1-3-10(9)6-11/h4-7,17H,1-3,8H2. The number of aryl methyl sites for hydroxylation is 2. The quantitative estimate of drug-likeness (QED) is 0.830. The maximum absolute atomic E-state index is 5.54. The highest BCUT2D eigenvalue weighted by Gasteiger charge is 2.11. The van der Waals surface area contributed by atoms with Crippen molar-refractivity contribution < 1.29 is 4.42 Å². The molecule has 3 rings (SSSR count). The first-order valence-electron chi connectivity index (χ1n) is 6.02. The van der Waals surface area contributed by atoms with Crippen LogP contribution in [0, 0.1) is 0 Å². The molecule has 1 N–H and O–H groups in total. The zero-order valence-electron chi connectivity index (χ0n) is 9.80. The Bertz CT molecular complexity index is 558. The van der Waals surface area contributed by atoms with Gasteiger partial charge in [-0.25, -0.2) is 0 Å². The topological polar surface area (TPSA) is 25.2 Å². The second kappa shape index (κ2) is 5.10. The molecule has 0 fully saturated rings. The molecule has 2 nitrogen and oxygen atoms in total. The van der Waals surface area contributed by atoms with Crippen molar-refractivity contribution in [1.82, 2.24) is 0 Å². The zero-order valence-corrected chi connectivity index (χ0v) is 13.0. The molecule has 0 atom stereocenters. The fraction of sp³-hybridized carbons (Fsp3) is 0.286. The van der Waals surface area contributed by atoms with Crippen LogP contribution in [0.1, 0.15) is 23.3 Å². The summed E-state index contributed by atoms with van der Waals surface area (Å²) < 4.78 is 7.23. The third kappa shape index (κ3) is 2.50. The first-order valence-corrected chi connectivity index (χ1v) is 7.60. The van der Waals surface area contributed by atoms with Crippen molar-refractivity contribution in [2.24, 2.45) is 0 Å². The van der Waals surface area contributed by atoms with Crippen LogP contribution in [0.4, 0.5) is 5.69 Å². The van der Waals surface area contributed by atoms with E-state index in [1.165, 1.54) is 36.1 Å². The first kappa shape index (κ1) is 12.3. The molecular formula is C14H13Br2NO. The Hall–Kier alpha value is -0.740. The number of furan rings is 1. The molecule has 4 heteroatoms. The van der Waals surface area contributed by atoms with Gasteiger partial charge in [-0.15, -0.1) is 0 Å². The van der Waals surface area contributed by atoms with Crippen LogP contribution in [0.15, 0.2) is 37.8 Å². The van der Waals surface area contributed by atoms with Gasteiger partial charge < -0.3 is 9.73 Å². The Kier molecular flexibility index (Phi) is 3.48. The summed E-state index contributed by atoms with van der Waals surface area (Å²) in [5.74, 6) is 0.911. The summed E-state index contributed by atoms with van der Waals surface area (Å²) in [6.07, 6.45) is 3.73. The summed E-state index contributed by atoms with van der Waals surface area (Å²) in [4.78, 5) is 0. The van der Waals surface area contributed by atoms with Gasteiger partial charge in [0.15, 0.2) is 4.67 Å². The fourth-order valence-corrected chi connectivity index (χ4v) is 3.01. The Morgan fingerprint density at radius 1 is 1.11 bits per heavy atom. The molecule has 0 radical (unpaired) electrons. The van der Waals surface area contributed by atoms with E-state index in [2.05, 4.69) is 55.4 Å². The lowest BCUT2D eigenvalue weighted by molar-refractivity contribution is 0.494. The molecule has 0 saturated carbocycles. The summed E-state index contributed by atoms with van der Waals surface area (Å²) in [6.45, 7) is 0.697. The molecular weight excluding hydrogens is 358 g/mol. The number of benzene rings is 1. The average molecular weight is 371 g/mol. The molecule has 0 saturated heterocycles. The molecule has 2 aromatic rings. The van der Waals surface area contributed by atoms with Gasteiger partial charge in [0.05, 0.1) is 11.0 Å². The van der Waals surface area contributed by atoms with Gasteiger partial charge in [-0.1, -0.05) is 6.07 Å². The van der Waals surface area contributed by atoms with Gasteiger partial charge in [0.1, 0.15) is 5.76 Å². The van der Waals surface area contributed by atoms with Crippen LogP contribution in [0.3, 0.4) is 0 Å². The Labute approximate surface area is 123 Å². The van der Waals surface area contributed by atoms with E-state index < -0.39 is 0 Å². The number of rotatable bonds is 3. The van der Waals surface area contributed by atoms with Crippen molar-refractivity contribution in [2.75, 3.05) is 5.32 Å². The highest BCUT2D eigenvalue weighted by molar-refractivity contribution is 9.13. The van der Waals surface area contributed by atoms with E-state index in [-0.39, 0.29) is 0 Å². The molecule has 0 unspecified atom stereocenters. The van der Waals surface area contributed by atoms with Crippen molar-refractivity contribution in [3.05, 3.63) is 50.3 Å². The summed E-state index contributed by atoms with van der Waals surface area (Å²) in [5, 5.41) is 3.40. The maximum atomic E-state index is 5.54. The lowest BCUT2D eigenvalue weighted by Gasteiger charge is -2.06. The third-order valence-electron chi connectivity index (χ3n) is 3.26. The van der Waals surface area contributed by atoms with Gasteiger partial charge in [-0.05, 0) is 80.4 Å². The van der Waals surface area contributed by atoms with Crippen LogP contribution < -0.4 is 5.32 Å². The molecule has 1 aliphatic rings. The number of nitrogens with one attached hydrogen (secondary N) is 1. The van der Waals surface area contributed by atoms with E-state index in [1.807, 2.05) is 6.07 Å². The van der Waals surface area contributed by atoms with E-state index in [0.717, 1.165) is 14.9 Å². The molecule has 1 aliphatic carbocycles. The number of hydrogen-bond donors (Lipinski definition) is 1. The molecule has 0 spiro atoms. The monoisotopic (exact) mass is 369 g/mol. The number of hydrogen-bond acceptors (Lipinski definition) is 2. The Balaban J connectivity index is 1.70. The predicted octanol–water partition coefficient (Wildman–Crippen LogP) is 4.91. The number of anilines is 1. The highest BCUT2D eigenvalue weighted by Crippen LogP contribution is 2.28. The Morgan fingerprint density at radius 2 is 1.94 bits per heavy atom. The molecule has 0 amide bonds. The van der Waals surface area contributed by atoms with Crippen molar-refractivity contribution >= 4 is 37.5 Å². The van der Waals surface area contributed by atoms with Gasteiger partial charge in [0.25, 0.3) is 0 Å². The van der Waals surface area contributed by atoms with E-state index >= 15 is 0 Å². The van der Waals surface area contributed by atoms with Crippen LogP contribution in [-0.4, -0.2) is 0 Å². The van der Waals surface area contributed by atoms with Gasteiger partial charge in [0, 0.05) is 5.69 Å². The minimum absolute atomic E-state index is 0.697. The minimum atomic E-state index is 0.697. The van der Waals surface area contributed by atoms with Crippen LogP contribution >= 0.6 is 31.9 Å². The summed E-state index contributed by atoms with van der Waals surface area (Å²) in [7, 11) is 0. The van der Waals surface area contributed by atoms with Crippen LogP contribution in [-0.2, 0) is 19.4 Å². The van der Waals surface area contributed by atoms with Crippen LogP contribution in [0.25, 0.3) is 0 Å². The van der Waals surface area contributed by atoms with Gasteiger partial charge in [0.2, 0.25) is 0 Å². The van der Waals surface area contributed by atoms with E-state index in [0.29, 0.717) is 6.54 Å². The molecule has 1 heterocycles. The molecule has 18 heavy (non-hydrogen) atoms. The zero-order chi connectivity index (χ0) is 12.5. The highest BCUT2D eigenvalue weighted by atomic mass is 79.9. The Morgan fingerprint density at radius 3 is 2.72 bits per heavy atom. The predicted molar refractivity (Wildman–Crippen MR) is 79.9 cm³/mol. The molecule has 1 aromatic heterocycles. The molecule has 0 aliphatic heterocycles. The second-order valence-electron chi connectivity index (χ2n) is 4.52. The minimum Gasteiger partial charge on any atom is -0.451 e. The van der Waals surface area contributed by atoms with Crippen molar-refractivity contribution in [3.63, 3.8) is 0 Å². The van der Waals surface area contributed by atoms with Crippen molar-refractivity contribution in [3.8, 4) is 0 Å². The van der Waals surface area contributed by atoms with Gasteiger partial charge >= 0.3 is 0 Å². The third-order valence-corrected chi connectivity index (χ3v) is 4.97. The molecule has 0 bridgehead atoms. The van der Waals surface area contributed by atoms with Gasteiger partial charge in [-0.2, -0.15) is 0 Å². The van der Waals surface area contributed by atoms with Crippen LogP contribution in [0.2, 0.25) is 0 Å². The number of fused-ring (bicyclic) bond motifs is 1. The summed E-state index contributed by atoms with van der Waals surface area (Å²) in [6, 6.07) is 8.62. The second-order valence-corrected chi connectivity index (χ2v) is 6.10. The summed E-state index contributed by atoms with van der Waals surface area (Å²) in [5.41, 5.74) is 4.16. The van der Waals surface area contributed by atoms with Crippen molar-refractivity contribution in [1.29, 1.82) is 0 Å². The van der Waals surface area contributed by atoms with Gasteiger partial charge in [-0.3, -0.25) is 0 Å². The SMILES string of the molecule is Brc1cc(CNc2ccc3c(c2)CCC3)oc1Br. The van der Waals surface area contributed by atoms with E-state index in [9.17, 15) is 0 Å². The lowest BCUT2D eigenvalue weighted by atomic mass is 10.1. The normalized spacial score (nSPS) is 13.7. The van der Waals surface area contributed by atoms with Crippen molar-refractivity contribution in [2.45, 2.75) is 25.8 Å². The molecule has 94 valence electrons. The van der Waals surface area contributed by atoms with E-state index in [4.69, 9.17) is 4.42 Å². The van der Waals surface area contributed by atoms with Crippen LogP contribution in [0.5, 0.6) is 0 Å². The smallest absolute Gasteiger partial charge is 0.183 e. The van der Waals surface area contributed by atoms with E-state index in [1.54, 1.807) is 0 Å². The average Bonchev–Trinajstić information content (AvgIpc) is 2.94. The molecule has 1 aromatic carbocycles. The first-order chi connectivity index (χ1) is 8.72. The summed E-state index contributed by atoms with van der Waals surface area (Å²) >= 11 is 6.76. The number of halogens is 2. The fourth-order valence-electron chi connectivity index (χ4n) is 2.35. The maximum Gasteiger partial charge on any atom is 0.183 e. The largest absolute Gasteiger partial charge is 0.451 e. The lowest BCUT2D eigenvalue weighted by Crippen LogP contribution is -1.98.